The van der Waals surface area contributed by atoms with E-state index in [1.54, 1.807) is 24.5 Å². The Morgan fingerprint density at radius 3 is 2.86 bits per heavy atom. The van der Waals surface area contributed by atoms with E-state index >= 15 is 0 Å². The number of hydrogen-bond acceptors (Lipinski definition) is 2. The van der Waals surface area contributed by atoms with Gasteiger partial charge >= 0.3 is 0 Å². The van der Waals surface area contributed by atoms with E-state index in [1.165, 1.54) is 16.8 Å². The van der Waals surface area contributed by atoms with E-state index in [9.17, 15) is 9.18 Å². The van der Waals surface area contributed by atoms with Crippen LogP contribution in [0.3, 0.4) is 0 Å². The van der Waals surface area contributed by atoms with Crippen LogP contribution in [-0.4, -0.2) is 16.1 Å². The van der Waals surface area contributed by atoms with Gasteiger partial charge in [-0.3, -0.25) is 4.79 Å². The van der Waals surface area contributed by atoms with Crippen molar-refractivity contribution >= 4 is 6.29 Å². The molecule has 0 aliphatic carbocycles. The van der Waals surface area contributed by atoms with Gasteiger partial charge in [0.25, 0.3) is 0 Å². The first-order chi connectivity index (χ1) is 6.81. The van der Waals surface area contributed by atoms with Gasteiger partial charge in [0, 0.05) is 18.0 Å². The molecule has 0 aliphatic heterocycles. The maximum absolute atomic E-state index is 13.4. The minimum atomic E-state index is -0.460. The zero-order valence-electron chi connectivity index (χ0n) is 7.22. The summed E-state index contributed by atoms with van der Waals surface area (Å²) in [6, 6.07) is 5.95. The van der Waals surface area contributed by atoms with Crippen molar-refractivity contribution in [3.8, 4) is 5.69 Å². The van der Waals surface area contributed by atoms with Crippen molar-refractivity contribution in [1.29, 1.82) is 0 Å². The van der Waals surface area contributed by atoms with Gasteiger partial charge in [0.2, 0.25) is 0 Å². The number of halogens is 1. The van der Waals surface area contributed by atoms with Crippen molar-refractivity contribution in [3.63, 3.8) is 0 Å². The first-order valence-corrected chi connectivity index (χ1v) is 4.06. The summed E-state index contributed by atoms with van der Waals surface area (Å²) in [6.07, 6.45) is 3.81. The highest BCUT2D eigenvalue weighted by molar-refractivity contribution is 5.75. The highest BCUT2D eigenvalue weighted by atomic mass is 19.1. The van der Waals surface area contributed by atoms with Gasteiger partial charge in [0.05, 0.1) is 0 Å². The van der Waals surface area contributed by atoms with Gasteiger partial charge in [-0.2, -0.15) is 5.10 Å². The molecule has 0 radical (unpaired) electrons. The van der Waals surface area contributed by atoms with E-state index < -0.39 is 5.82 Å². The zero-order valence-corrected chi connectivity index (χ0v) is 7.22. The molecule has 0 bridgehead atoms. The number of carbonyl (C=O) groups excluding carboxylic acids is 1. The molecule has 1 aromatic carbocycles. The van der Waals surface area contributed by atoms with Crippen LogP contribution in [0.2, 0.25) is 0 Å². The molecule has 0 saturated heterocycles. The molecule has 0 atom stereocenters. The lowest BCUT2D eigenvalue weighted by Crippen LogP contribution is -1.98. The highest BCUT2D eigenvalue weighted by Crippen LogP contribution is 2.12. The second-order valence-corrected chi connectivity index (χ2v) is 2.78. The van der Waals surface area contributed by atoms with Crippen LogP contribution in [0.25, 0.3) is 5.69 Å². The van der Waals surface area contributed by atoms with Gasteiger partial charge in [0.1, 0.15) is 17.8 Å². The standard InChI is InChI=1S/C10H7FN2O/c11-9-6-8(7-14)2-3-10(9)13-5-1-4-12-13/h1-7H. The fourth-order valence-corrected chi connectivity index (χ4v) is 1.19. The molecule has 0 spiro atoms. The Morgan fingerprint density at radius 1 is 1.43 bits per heavy atom. The molecule has 0 amide bonds. The van der Waals surface area contributed by atoms with Crippen LogP contribution >= 0.6 is 0 Å². The molecule has 2 rings (SSSR count). The lowest BCUT2D eigenvalue weighted by atomic mass is 10.2. The molecule has 0 unspecified atom stereocenters. The molecule has 3 nitrogen and oxygen atoms in total. The van der Waals surface area contributed by atoms with Crippen LogP contribution in [0.1, 0.15) is 10.4 Å². The average Bonchev–Trinajstić information content (AvgIpc) is 2.70. The normalized spacial score (nSPS) is 10.1. The number of aromatic nitrogens is 2. The third-order valence-corrected chi connectivity index (χ3v) is 1.86. The molecule has 0 aliphatic rings. The Balaban J connectivity index is 2.51. The monoisotopic (exact) mass is 190 g/mol. The van der Waals surface area contributed by atoms with E-state index in [1.807, 2.05) is 0 Å². The van der Waals surface area contributed by atoms with E-state index in [4.69, 9.17) is 0 Å². The third kappa shape index (κ3) is 1.42. The maximum Gasteiger partial charge on any atom is 0.150 e. The van der Waals surface area contributed by atoms with Crippen LogP contribution in [0.15, 0.2) is 36.7 Å². The Hall–Kier alpha value is -1.97. The molecule has 4 heteroatoms. The highest BCUT2D eigenvalue weighted by Gasteiger charge is 2.04. The summed E-state index contributed by atoms with van der Waals surface area (Å²) in [5.41, 5.74) is 0.652. The van der Waals surface area contributed by atoms with Crippen molar-refractivity contribution in [1.82, 2.24) is 9.78 Å². The number of carbonyl (C=O) groups is 1. The summed E-state index contributed by atoms with van der Waals surface area (Å²) in [5.74, 6) is -0.460. The van der Waals surface area contributed by atoms with Crippen molar-refractivity contribution in [2.75, 3.05) is 0 Å². The number of nitrogens with zero attached hydrogens (tertiary/aromatic N) is 2. The smallest absolute Gasteiger partial charge is 0.150 e. The quantitative estimate of drug-likeness (QED) is 0.677. The Kier molecular flexibility index (Phi) is 2.10. The van der Waals surface area contributed by atoms with E-state index in [2.05, 4.69) is 5.10 Å². The first kappa shape index (κ1) is 8.62. The van der Waals surface area contributed by atoms with Crippen LogP contribution in [-0.2, 0) is 0 Å². The van der Waals surface area contributed by atoms with Gasteiger partial charge in [0.15, 0.2) is 0 Å². The minimum Gasteiger partial charge on any atom is -0.298 e. The van der Waals surface area contributed by atoms with Crippen molar-refractivity contribution < 1.29 is 9.18 Å². The number of aldehydes is 1. The molecular weight excluding hydrogens is 183 g/mol. The molecule has 1 aromatic heterocycles. The summed E-state index contributed by atoms with van der Waals surface area (Å²) >= 11 is 0. The van der Waals surface area contributed by atoms with Crippen LogP contribution < -0.4 is 0 Å². The van der Waals surface area contributed by atoms with Crippen molar-refractivity contribution in [3.05, 3.63) is 48.0 Å². The molecule has 2 aromatic rings. The Bertz CT molecular complexity index is 451. The lowest BCUT2D eigenvalue weighted by Gasteiger charge is -2.02. The van der Waals surface area contributed by atoms with Crippen molar-refractivity contribution in [2.24, 2.45) is 0 Å². The SMILES string of the molecule is O=Cc1ccc(-n2cccn2)c(F)c1. The van der Waals surface area contributed by atoms with Crippen LogP contribution in [0, 0.1) is 5.82 Å². The largest absolute Gasteiger partial charge is 0.298 e. The fraction of sp³-hybridized carbons (Fsp3) is 0. The molecule has 0 saturated carbocycles. The maximum atomic E-state index is 13.4. The summed E-state index contributed by atoms with van der Waals surface area (Å²) in [6.45, 7) is 0. The second kappa shape index (κ2) is 3.41. The number of benzene rings is 1. The van der Waals surface area contributed by atoms with Crippen LogP contribution in [0.5, 0.6) is 0 Å². The van der Waals surface area contributed by atoms with Gasteiger partial charge in [-0.15, -0.1) is 0 Å². The molecule has 14 heavy (non-hydrogen) atoms. The predicted octanol–water partition coefficient (Wildman–Crippen LogP) is 1.82. The third-order valence-electron chi connectivity index (χ3n) is 1.86. The zero-order chi connectivity index (χ0) is 9.97. The lowest BCUT2D eigenvalue weighted by molar-refractivity contribution is 0.112. The number of hydrogen-bond donors (Lipinski definition) is 0. The topological polar surface area (TPSA) is 34.9 Å². The molecule has 70 valence electrons. The van der Waals surface area contributed by atoms with E-state index in [-0.39, 0.29) is 0 Å². The summed E-state index contributed by atoms with van der Waals surface area (Å²) in [5, 5.41) is 3.89. The van der Waals surface area contributed by atoms with E-state index in [0.29, 0.717) is 17.5 Å². The van der Waals surface area contributed by atoms with Crippen molar-refractivity contribution in [2.45, 2.75) is 0 Å². The first-order valence-electron chi connectivity index (χ1n) is 4.06. The summed E-state index contributed by atoms with van der Waals surface area (Å²) < 4.78 is 14.8. The average molecular weight is 190 g/mol. The predicted molar refractivity (Wildman–Crippen MR) is 48.9 cm³/mol. The molecule has 0 fully saturated rings. The van der Waals surface area contributed by atoms with E-state index in [0.717, 1.165) is 0 Å². The minimum absolute atomic E-state index is 0.318. The summed E-state index contributed by atoms with van der Waals surface area (Å²) in [4.78, 5) is 10.4. The Labute approximate surface area is 79.8 Å². The Morgan fingerprint density at radius 2 is 2.29 bits per heavy atom. The van der Waals surface area contributed by atoms with Gasteiger partial charge < -0.3 is 0 Å². The molecule has 1 heterocycles. The van der Waals surface area contributed by atoms with Gasteiger partial charge in [-0.1, -0.05) is 0 Å². The van der Waals surface area contributed by atoms with Gasteiger partial charge in [-0.05, 0) is 24.3 Å². The summed E-state index contributed by atoms with van der Waals surface area (Å²) in [7, 11) is 0. The van der Waals surface area contributed by atoms with Gasteiger partial charge in [-0.25, -0.2) is 9.07 Å². The fourth-order valence-electron chi connectivity index (χ4n) is 1.19. The molecule has 0 N–H and O–H groups in total. The molecular formula is C10H7FN2O. The second-order valence-electron chi connectivity index (χ2n) is 2.78. The van der Waals surface area contributed by atoms with Crippen LogP contribution in [0.4, 0.5) is 4.39 Å². The number of rotatable bonds is 2.